The molecule has 2 heterocycles. The minimum atomic E-state index is -3.53. The van der Waals surface area contributed by atoms with Gasteiger partial charge in [-0.1, -0.05) is 17.7 Å². The van der Waals surface area contributed by atoms with Gasteiger partial charge in [0.25, 0.3) is 0 Å². The highest BCUT2D eigenvalue weighted by Crippen LogP contribution is 2.42. The molecule has 0 radical (unpaired) electrons. The molecule has 38 heavy (non-hydrogen) atoms. The van der Waals surface area contributed by atoms with Crippen LogP contribution in [0.5, 0.6) is 0 Å². The Morgan fingerprint density at radius 3 is 2.42 bits per heavy atom. The van der Waals surface area contributed by atoms with Gasteiger partial charge >= 0.3 is 5.97 Å². The summed E-state index contributed by atoms with van der Waals surface area (Å²) in [7, 11) is -1.09. The van der Waals surface area contributed by atoms with Gasteiger partial charge in [-0.15, -0.1) is 0 Å². The van der Waals surface area contributed by atoms with E-state index in [0.29, 0.717) is 18.9 Å². The minimum absolute atomic E-state index is 0.0911. The fraction of sp³-hybridized carbons (Fsp3) is 0.375. The number of aromatic nitrogens is 1. The van der Waals surface area contributed by atoms with Crippen LogP contribution in [0.15, 0.2) is 40.7 Å². The first-order valence-electron chi connectivity index (χ1n) is 11.5. The maximum absolute atomic E-state index is 14.7. The van der Waals surface area contributed by atoms with Gasteiger partial charge in [0.05, 0.1) is 29.2 Å². The summed E-state index contributed by atoms with van der Waals surface area (Å²) < 4.78 is 88.5. The highest BCUT2D eigenvalue weighted by Gasteiger charge is 2.40. The van der Waals surface area contributed by atoms with E-state index in [0.717, 1.165) is 25.4 Å². The summed E-state index contributed by atoms with van der Waals surface area (Å²) in [6.45, 7) is 0. The minimum Gasteiger partial charge on any atom is -0.466 e. The van der Waals surface area contributed by atoms with Crippen LogP contribution in [-0.4, -0.2) is 44.6 Å². The number of carbonyl (C=O) groups excluding carboxylic acids is 1. The van der Waals surface area contributed by atoms with Crippen LogP contribution in [0, 0.1) is 29.2 Å². The number of methoxy groups -OCH3 is 1. The molecule has 1 aromatic carbocycles. The lowest BCUT2D eigenvalue weighted by Gasteiger charge is -2.35. The number of esters is 1. The van der Waals surface area contributed by atoms with Crippen molar-refractivity contribution in [3.8, 4) is 0 Å². The molecule has 4 rings (SSSR count). The van der Waals surface area contributed by atoms with E-state index in [9.17, 15) is 30.8 Å². The number of hydrogen-bond acceptors (Lipinski definition) is 7. The Morgan fingerprint density at radius 1 is 1.13 bits per heavy atom. The summed E-state index contributed by atoms with van der Waals surface area (Å²) in [4.78, 5) is 21.2. The lowest BCUT2D eigenvalue weighted by molar-refractivity contribution is -0.136. The third-order valence-electron chi connectivity index (χ3n) is 6.68. The molecule has 1 atom stereocenters. The van der Waals surface area contributed by atoms with Gasteiger partial charge in [0.1, 0.15) is 17.6 Å². The van der Waals surface area contributed by atoms with E-state index in [2.05, 4.69) is 20.0 Å². The number of rotatable bonds is 6. The Morgan fingerprint density at radius 2 is 1.82 bits per heavy atom. The Kier molecular flexibility index (Phi) is 8.09. The summed E-state index contributed by atoms with van der Waals surface area (Å²) in [5.74, 6) is -6.10. The quantitative estimate of drug-likeness (QED) is 0.307. The highest BCUT2D eigenvalue weighted by atomic mass is 35.5. The Bertz CT molecular complexity index is 1440. The summed E-state index contributed by atoms with van der Waals surface area (Å²) >= 11 is 6.12. The molecule has 1 aromatic heterocycles. The van der Waals surface area contributed by atoms with Gasteiger partial charge in [-0.25, -0.2) is 40.5 Å². The number of benzene rings is 1. The zero-order valence-corrected chi connectivity index (χ0v) is 21.8. The smallest absolute Gasteiger partial charge is 0.338 e. The van der Waals surface area contributed by atoms with Gasteiger partial charge in [-0.05, 0) is 44.7 Å². The van der Waals surface area contributed by atoms with Crippen molar-refractivity contribution in [2.24, 2.45) is 10.9 Å². The zero-order valence-electron chi connectivity index (χ0n) is 20.2. The van der Waals surface area contributed by atoms with Crippen molar-refractivity contribution in [1.29, 1.82) is 0 Å². The Hall–Kier alpha value is -3.03. The van der Waals surface area contributed by atoms with E-state index >= 15 is 0 Å². The predicted octanol–water partition coefficient (Wildman–Crippen LogP) is 3.92. The fourth-order valence-corrected chi connectivity index (χ4v) is 6.22. The van der Waals surface area contributed by atoms with Gasteiger partial charge in [-0.2, -0.15) is 0 Å². The van der Waals surface area contributed by atoms with Crippen molar-refractivity contribution in [2.75, 3.05) is 14.2 Å². The topological polar surface area (TPSA) is 110 Å². The Balaban J connectivity index is 1.87. The van der Waals surface area contributed by atoms with Crippen LogP contribution in [0.1, 0.15) is 43.0 Å². The van der Waals surface area contributed by atoms with Crippen LogP contribution >= 0.6 is 11.6 Å². The molecule has 14 heteroatoms. The van der Waals surface area contributed by atoms with Gasteiger partial charge in [0.2, 0.25) is 10.0 Å². The van der Waals surface area contributed by atoms with Crippen LogP contribution in [-0.2, 0) is 19.6 Å². The molecule has 2 aliphatic rings. The first-order valence-corrected chi connectivity index (χ1v) is 13.4. The molecule has 0 saturated heterocycles. The first kappa shape index (κ1) is 28.0. The van der Waals surface area contributed by atoms with Crippen LogP contribution in [0.3, 0.4) is 0 Å². The lowest BCUT2D eigenvalue weighted by atomic mass is 9.82. The van der Waals surface area contributed by atoms with Gasteiger partial charge in [0.15, 0.2) is 23.3 Å². The molecule has 0 spiro atoms. The predicted molar refractivity (Wildman–Crippen MR) is 131 cm³/mol. The molecule has 0 amide bonds. The number of halogens is 5. The number of ether oxygens (including phenoxy) is 1. The van der Waals surface area contributed by atoms with Crippen molar-refractivity contribution in [1.82, 2.24) is 15.0 Å². The molecule has 2 aromatic rings. The fourth-order valence-electron chi connectivity index (χ4n) is 4.74. The lowest BCUT2D eigenvalue weighted by Crippen LogP contribution is -2.40. The van der Waals surface area contributed by atoms with E-state index in [1.807, 2.05) is 0 Å². The molecule has 1 aliphatic heterocycles. The number of carbonyl (C=O) groups is 1. The zero-order chi connectivity index (χ0) is 27.8. The summed E-state index contributed by atoms with van der Waals surface area (Å²) in [5, 5.41) is 1.61. The molecule has 1 fully saturated rings. The molecule has 204 valence electrons. The molecule has 2 N–H and O–H groups in total. The summed E-state index contributed by atoms with van der Waals surface area (Å²) in [6.07, 6.45) is 1.88. The number of sulfonamides is 1. The molecule has 1 unspecified atom stereocenters. The van der Waals surface area contributed by atoms with Gasteiger partial charge in [-0.3, -0.25) is 4.99 Å². The second-order valence-electron chi connectivity index (χ2n) is 8.80. The monoisotopic (exact) mass is 574 g/mol. The van der Waals surface area contributed by atoms with E-state index in [1.54, 1.807) is 0 Å². The number of aliphatic imine (C=N–C) groups is 1. The number of nitrogens with zero attached hydrogens (tertiary/aromatic N) is 2. The third-order valence-corrected chi connectivity index (χ3v) is 8.98. The van der Waals surface area contributed by atoms with Gasteiger partial charge < -0.3 is 10.1 Å². The van der Waals surface area contributed by atoms with Crippen LogP contribution in [0.4, 0.5) is 17.6 Å². The van der Waals surface area contributed by atoms with Crippen molar-refractivity contribution in [3.63, 3.8) is 0 Å². The van der Waals surface area contributed by atoms with Crippen molar-refractivity contribution < 1.29 is 35.5 Å². The summed E-state index contributed by atoms with van der Waals surface area (Å²) in [6, 6.07) is 1.18. The molecule has 0 bridgehead atoms. The van der Waals surface area contributed by atoms with Crippen LogP contribution < -0.4 is 10.0 Å². The number of allylic oxidation sites excluding steroid dienone is 1. The second-order valence-corrected chi connectivity index (χ2v) is 11.3. The molecule has 1 saturated carbocycles. The SMILES string of the molecule is CNS(=O)(=O)C1CCC(C2=C(C(=O)OC)C(c3ccc(F)c(F)c3Cl)N=C(c3ncc(F)cc3F)N2)CC1. The summed E-state index contributed by atoms with van der Waals surface area (Å²) in [5.41, 5.74) is -0.357. The average Bonchev–Trinajstić information content (AvgIpc) is 2.91. The van der Waals surface area contributed by atoms with E-state index in [4.69, 9.17) is 16.3 Å². The first-order chi connectivity index (χ1) is 18.0. The molecular formula is C24H23ClF4N4O4S. The maximum atomic E-state index is 14.7. The third kappa shape index (κ3) is 5.27. The highest BCUT2D eigenvalue weighted by molar-refractivity contribution is 7.90. The van der Waals surface area contributed by atoms with E-state index < -0.39 is 61.5 Å². The standard InChI is InChI=1S/C24H23ClF4N4O4S/c1-30-38(35,36)13-5-3-11(4-6-13)20-17(24(34)37-2)21(14-7-8-15(27)19(29)18(14)25)33-23(32-20)22-16(28)9-12(26)10-31-22/h7-11,13,21,30H,3-6H2,1-2H3,(H,32,33). The van der Waals surface area contributed by atoms with E-state index in [-0.39, 0.29) is 41.2 Å². The Labute approximate surface area is 221 Å². The second kappa shape index (κ2) is 11.0. The van der Waals surface area contributed by atoms with Crippen LogP contribution in [0.2, 0.25) is 5.02 Å². The molecular weight excluding hydrogens is 552 g/mol. The number of hydrogen-bond donors (Lipinski definition) is 2. The average molecular weight is 575 g/mol. The van der Waals surface area contributed by atoms with Crippen molar-refractivity contribution in [3.05, 3.63) is 75.2 Å². The number of pyridine rings is 1. The largest absolute Gasteiger partial charge is 0.466 e. The van der Waals surface area contributed by atoms with Crippen molar-refractivity contribution in [2.45, 2.75) is 37.0 Å². The van der Waals surface area contributed by atoms with Crippen LogP contribution in [0.25, 0.3) is 0 Å². The molecule has 1 aliphatic carbocycles. The maximum Gasteiger partial charge on any atom is 0.338 e. The number of amidine groups is 1. The van der Waals surface area contributed by atoms with E-state index in [1.165, 1.54) is 7.05 Å². The number of nitrogens with one attached hydrogen (secondary N) is 2. The van der Waals surface area contributed by atoms with Gasteiger partial charge in [0, 0.05) is 17.3 Å². The molecule has 8 nitrogen and oxygen atoms in total. The van der Waals surface area contributed by atoms with Crippen molar-refractivity contribution >= 4 is 33.4 Å². The normalized spacial score (nSPS) is 22.1.